The van der Waals surface area contributed by atoms with Crippen LogP contribution in [0.3, 0.4) is 0 Å². The number of aryl methyl sites for hydroxylation is 1. The first-order valence-corrected chi connectivity index (χ1v) is 10.3. The predicted molar refractivity (Wildman–Crippen MR) is 113 cm³/mol. The van der Waals surface area contributed by atoms with E-state index >= 15 is 0 Å². The van der Waals surface area contributed by atoms with E-state index in [-0.39, 0.29) is 11.5 Å². The van der Waals surface area contributed by atoms with Crippen LogP contribution in [0.5, 0.6) is 0 Å². The summed E-state index contributed by atoms with van der Waals surface area (Å²) in [5.41, 5.74) is 7.53. The first kappa shape index (κ1) is 20.2. The van der Waals surface area contributed by atoms with Gasteiger partial charge in [-0.1, -0.05) is 11.1 Å². The lowest BCUT2D eigenvalue weighted by molar-refractivity contribution is -0.659. The van der Waals surface area contributed by atoms with Crippen LogP contribution in [0.1, 0.15) is 23.7 Å². The Balaban J connectivity index is 1.79. The number of amides is 1. The highest BCUT2D eigenvalue weighted by Gasteiger charge is 2.24. The highest BCUT2D eigenvalue weighted by Crippen LogP contribution is 2.15. The first-order valence-electron chi connectivity index (χ1n) is 10.3. The minimum absolute atomic E-state index is 0.219. The Morgan fingerprint density at radius 3 is 2.90 bits per heavy atom. The molecular weight excluding hydrogens is 384 g/mol. The molecule has 0 bridgehead atoms. The normalized spacial score (nSPS) is 15.0. The average Bonchev–Trinajstić information content (AvgIpc) is 2.76. The topological polar surface area (TPSA) is 106 Å². The number of hydrogen-bond acceptors (Lipinski definition) is 6. The Hall–Kier alpha value is -3.04. The van der Waals surface area contributed by atoms with E-state index in [2.05, 4.69) is 10.2 Å². The molecule has 3 aromatic rings. The molecule has 1 saturated heterocycles. The number of morpholine rings is 1. The summed E-state index contributed by atoms with van der Waals surface area (Å²) >= 11 is 0. The Labute approximate surface area is 174 Å². The fraction of sp³-hybridized carbons (Fsp3) is 0.429. The maximum Gasteiger partial charge on any atom is 0.278 e. The summed E-state index contributed by atoms with van der Waals surface area (Å²) in [7, 11) is 0. The molecule has 0 radical (unpaired) electrons. The molecule has 1 aliphatic rings. The van der Waals surface area contributed by atoms with Gasteiger partial charge < -0.3 is 15.8 Å². The zero-order chi connectivity index (χ0) is 21.1. The van der Waals surface area contributed by atoms with Crippen molar-refractivity contribution in [3.05, 3.63) is 46.4 Å². The van der Waals surface area contributed by atoms with Gasteiger partial charge >= 0.3 is 0 Å². The summed E-state index contributed by atoms with van der Waals surface area (Å²) in [6.45, 7) is 7.06. The number of nitrogens with one attached hydrogen (secondary N) is 1. The van der Waals surface area contributed by atoms with Gasteiger partial charge in [0.1, 0.15) is 10.9 Å². The number of pyridine rings is 2. The molecular formula is C21H27N6O3+. The van der Waals surface area contributed by atoms with Crippen LogP contribution in [0, 0.1) is 0 Å². The van der Waals surface area contributed by atoms with Gasteiger partial charge in [-0.25, -0.2) is 4.57 Å². The Bertz CT molecular complexity index is 1140. The minimum Gasteiger partial charge on any atom is -0.379 e. The van der Waals surface area contributed by atoms with E-state index in [1.54, 1.807) is 29.0 Å². The number of ether oxygens (including phenoxy) is 1. The molecule has 9 heteroatoms. The minimum atomic E-state index is -0.295. The summed E-state index contributed by atoms with van der Waals surface area (Å²) in [4.78, 5) is 32.8. The molecule has 1 fully saturated rings. The van der Waals surface area contributed by atoms with Crippen molar-refractivity contribution in [3.8, 4) is 0 Å². The van der Waals surface area contributed by atoms with Crippen molar-refractivity contribution < 1.29 is 14.1 Å². The van der Waals surface area contributed by atoms with Crippen LogP contribution in [0.2, 0.25) is 0 Å². The van der Waals surface area contributed by atoms with Gasteiger partial charge in [0.15, 0.2) is 0 Å². The van der Waals surface area contributed by atoms with Crippen molar-refractivity contribution in [1.29, 1.82) is 0 Å². The second-order valence-electron chi connectivity index (χ2n) is 7.34. The van der Waals surface area contributed by atoms with Gasteiger partial charge in [-0.15, -0.1) is 0 Å². The van der Waals surface area contributed by atoms with E-state index in [1.807, 2.05) is 13.0 Å². The lowest BCUT2D eigenvalue weighted by Gasteiger charge is -2.26. The van der Waals surface area contributed by atoms with Crippen LogP contribution in [0.25, 0.3) is 16.7 Å². The van der Waals surface area contributed by atoms with E-state index in [0.29, 0.717) is 41.2 Å². The maximum atomic E-state index is 13.1. The molecule has 0 unspecified atom stereocenters. The molecule has 4 heterocycles. The second-order valence-corrected chi connectivity index (χ2v) is 7.34. The van der Waals surface area contributed by atoms with Crippen molar-refractivity contribution in [2.75, 3.05) is 45.1 Å². The van der Waals surface area contributed by atoms with Crippen LogP contribution in [0.4, 0.5) is 5.82 Å². The number of hydrogen-bond donors (Lipinski definition) is 2. The molecule has 158 valence electrons. The Morgan fingerprint density at radius 2 is 2.13 bits per heavy atom. The molecule has 0 spiro atoms. The lowest BCUT2D eigenvalue weighted by Crippen LogP contribution is -2.44. The van der Waals surface area contributed by atoms with E-state index in [9.17, 15) is 9.59 Å². The third-order valence-electron chi connectivity index (χ3n) is 5.40. The number of nitrogens with two attached hydrogens (primary N) is 1. The summed E-state index contributed by atoms with van der Waals surface area (Å²) < 4.78 is 8.69. The monoisotopic (exact) mass is 411 g/mol. The summed E-state index contributed by atoms with van der Waals surface area (Å²) in [6.07, 6.45) is 2.49. The summed E-state index contributed by atoms with van der Waals surface area (Å²) in [5.74, 6) is 0.0268. The number of rotatable bonds is 6. The van der Waals surface area contributed by atoms with E-state index < -0.39 is 0 Å². The van der Waals surface area contributed by atoms with Crippen LogP contribution >= 0.6 is 0 Å². The predicted octanol–water partition coefficient (Wildman–Crippen LogP) is 0.189. The SMILES string of the molecule is CCNC(=O)c1cc2c(=O)n3ccccc3nc2[n+](CCCN2CCOCC2)c1N. The summed E-state index contributed by atoms with van der Waals surface area (Å²) in [5, 5.41) is 3.15. The van der Waals surface area contributed by atoms with Crippen molar-refractivity contribution in [2.24, 2.45) is 0 Å². The van der Waals surface area contributed by atoms with Crippen molar-refractivity contribution in [2.45, 2.75) is 19.9 Å². The lowest BCUT2D eigenvalue weighted by atomic mass is 10.1. The van der Waals surface area contributed by atoms with Gasteiger partial charge in [-0.2, -0.15) is 0 Å². The summed E-state index contributed by atoms with van der Waals surface area (Å²) in [6, 6.07) is 6.96. The molecule has 0 aliphatic carbocycles. The van der Waals surface area contributed by atoms with E-state index in [0.717, 1.165) is 39.3 Å². The molecule has 30 heavy (non-hydrogen) atoms. The van der Waals surface area contributed by atoms with Crippen LogP contribution < -0.4 is 21.2 Å². The number of aromatic nitrogens is 3. The number of carbonyl (C=O) groups excluding carboxylic acids is 1. The second kappa shape index (κ2) is 8.76. The fourth-order valence-corrected chi connectivity index (χ4v) is 3.84. The van der Waals surface area contributed by atoms with E-state index in [4.69, 9.17) is 15.5 Å². The number of fused-ring (bicyclic) bond motifs is 2. The van der Waals surface area contributed by atoms with Crippen molar-refractivity contribution in [1.82, 2.24) is 19.6 Å². The highest BCUT2D eigenvalue weighted by molar-refractivity contribution is 6.00. The molecule has 9 nitrogen and oxygen atoms in total. The van der Waals surface area contributed by atoms with Gasteiger partial charge in [-0.05, 0) is 31.5 Å². The van der Waals surface area contributed by atoms with Crippen LogP contribution in [-0.2, 0) is 11.3 Å². The van der Waals surface area contributed by atoms with Gasteiger partial charge in [0.05, 0.1) is 19.8 Å². The molecule has 1 aliphatic heterocycles. The molecule has 0 aromatic carbocycles. The average molecular weight is 411 g/mol. The quantitative estimate of drug-likeness (QED) is 0.443. The third kappa shape index (κ3) is 3.86. The smallest absolute Gasteiger partial charge is 0.278 e. The third-order valence-corrected chi connectivity index (χ3v) is 5.40. The highest BCUT2D eigenvalue weighted by atomic mass is 16.5. The standard InChI is InChI=1S/C21H26N6O3/c1-2-23-20(28)15-14-16-19(24-17-6-3-4-8-26(17)21(16)29)27(18(15)22)9-5-7-25-10-12-30-13-11-25/h3-4,6,8,14,22H,2,5,7,9-13H2,1H3,(H,23,28)/p+1. The van der Waals surface area contributed by atoms with Crippen LogP contribution in [0.15, 0.2) is 35.3 Å². The molecule has 3 N–H and O–H groups in total. The zero-order valence-electron chi connectivity index (χ0n) is 17.1. The van der Waals surface area contributed by atoms with Gasteiger partial charge in [0, 0.05) is 32.4 Å². The molecule has 1 amide bonds. The Kier molecular flexibility index (Phi) is 5.91. The molecule has 0 saturated carbocycles. The number of nitrogens with zero attached hydrogens (tertiary/aromatic N) is 4. The molecule has 3 aromatic heterocycles. The van der Waals surface area contributed by atoms with E-state index in [1.165, 1.54) is 4.40 Å². The fourth-order valence-electron chi connectivity index (χ4n) is 3.84. The Morgan fingerprint density at radius 1 is 1.33 bits per heavy atom. The zero-order valence-corrected chi connectivity index (χ0v) is 17.1. The van der Waals surface area contributed by atoms with Gasteiger partial charge in [0.25, 0.3) is 17.1 Å². The molecule has 4 rings (SSSR count). The van der Waals surface area contributed by atoms with Crippen LogP contribution in [-0.4, -0.2) is 59.6 Å². The van der Waals surface area contributed by atoms with Crippen molar-refractivity contribution >= 4 is 28.4 Å². The van der Waals surface area contributed by atoms with Crippen molar-refractivity contribution in [3.63, 3.8) is 0 Å². The number of anilines is 1. The number of carbonyl (C=O) groups is 1. The largest absolute Gasteiger partial charge is 0.379 e. The van der Waals surface area contributed by atoms with Gasteiger partial charge in [0.2, 0.25) is 11.5 Å². The first-order chi connectivity index (χ1) is 14.6. The maximum absolute atomic E-state index is 13.1. The van der Waals surface area contributed by atoms with Gasteiger partial charge in [-0.3, -0.25) is 18.9 Å². The number of nitrogen functional groups attached to an aromatic ring is 1. The molecule has 0 atom stereocenters.